The van der Waals surface area contributed by atoms with Gasteiger partial charge in [-0.3, -0.25) is 0 Å². The molecule has 2 aromatic heterocycles. The summed E-state index contributed by atoms with van der Waals surface area (Å²) in [6.45, 7) is 4.81. The molecule has 1 aromatic carbocycles. The van der Waals surface area contributed by atoms with Crippen LogP contribution in [0.15, 0.2) is 36.9 Å². The summed E-state index contributed by atoms with van der Waals surface area (Å²) in [7, 11) is 0. The van der Waals surface area contributed by atoms with E-state index in [4.69, 9.17) is 0 Å². The van der Waals surface area contributed by atoms with E-state index in [1.807, 2.05) is 25.4 Å². The van der Waals surface area contributed by atoms with Crippen molar-refractivity contribution in [1.29, 1.82) is 0 Å². The zero-order valence-electron chi connectivity index (χ0n) is 11.6. The van der Waals surface area contributed by atoms with Gasteiger partial charge >= 0.3 is 0 Å². The Kier molecular flexibility index (Phi) is 3.78. The van der Waals surface area contributed by atoms with Crippen LogP contribution in [0.5, 0.6) is 0 Å². The molecule has 0 amide bonds. The standard InChI is InChI=1S/C15H19N5/c1-12-14(18-10-17-12)9-16-7-4-8-20-11-19-13-5-2-3-6-15(13)20/h2-3,5-6,10-11,16H,4,7-9H2,1H3,(H,17,18). The van der Waals surface area contributed by atoms with E-state index >= 15 is 0 Å². The van der Waals surface area contributed by atoms with Gasteiger partial charge in [-0.2, -0.15) is 0 Å². The molecule has 2 heterocycles. The molecule has 3 aromatic rings. The molecule has 0 aliphatic rings. The fraction of sp³-hybridized carbons (Fsp3) is 0.333. The third kappa shape index (κ3) is 2.72. The van der Waals surface area contributed by atoms with E-state index < -0.39 is 0 Å². The highest BCUT2D eigenvalue weighted by atomic mass is 15.0. The first-order chi connectivity index (χ1) is 9.84. The van der Waals surface area contributed by atoms with Crippen molar-refractivity contribution in [2.45, 2.75) is 26.4 Å². The van der Waals surface area contributed by atoms with Crippen LogP contribution in [0, 0.1) is 6.92 Å². The second-order valence-corrected chi connectivity index (χ2v) is 4.93. The van der Waals surface area contributed by atoms with Crippen molar-refractivity contribution < 1.29 is 0 Å². The molecule has 0 fully saturated rings. The number of hydrogen-bond donors (Lipinski definition) is 2. The van der Waals surface area contributed by atoms with Crippen molar-refractivity contribution in [2.24, 2.45) is 0 Å². The quantitative estimate of drug-likeness (QED) is 0.675. The van der Waals surface area contributed by atoms with Crippen molar-refractivity contribution in [3.63, 3.8) is 0 Å². The molecule has 0 aliphatic heterocycles. The Morgan fingerprint density at radius 3 is 3.00 bits per heavy atom. The summed E-state index contributed by atoms with van der Waals surface area (Å²) in [4.78, 5) is 11.8. The molecule has 0 atom stereocenters. The zero-order valence-corrected chi connectivity index (χ0v) is 11.6. The Bertz CT molecular complexity index is 682. The molecular weight excluding hydrogens is 250 g/mol. The van der Waals surface area contributed by atoms with Gasteiger partial charge in [0.25, 0.3) is 0 Å². The number of hydrogen-bond acceptors (Lipinski definition) is 3. The average molecular weight is 269 g/mol. The molecule has 0 bridgehead atoms. The van der Waals surface area contributed by atoms with Gasteiger partial charge in [-0.25, -0.2) is 9.97 Å². The van der Waals surface area contributed by atoms with Gasteiger partial charge in [-0.1, -0.05) is 12.1 Å². The van der Waals surface area contributed by atoms with Gasteiger partial charge in [0.15, 0.2) is 0 Å². The van der Waals surface area contributed by atoms with Gasteiger partial charge in [-0.05, 0) is 32.0 Å². The number of imidazole rings is 2. The number of fused-ring (bicyclic) bond motifs is 1. The number of rotatable bonds is 6. The van der Waals surface area contributed by atoms with Gasteiger partial charge < -0.3 is 14.9 Å². The number of aromatic amines is 1. The lowest BCUT2D eigenvalue weighted by Gasteiger charge is -2.06. The maximum absolute atomic E-state index is 4.40. The van der Waals surface area contributed by atoms with Gasteiger partial charge in [-0.15, -0.1) is 0 Å². The number of benzene rings is 1. The van der Waals surface area contributed by atoms with Crippen LogP contribution >= 0.6 is 0 Å². The maximum Gasteiger partial charge on any atom is 0.0958 e. The minimum Gasteiger partial charge on any atom is -0.348 e. The number of nitrogens with one attached hydrogen (secondary N) is 2. The van der Waals surface area contributed by atoms with Crippen molar-refractivity contribution in [2.75, 3.05) is 6.54 Å². The van der Waals surface area contributed by atoms with Gasteiger partial charge in [0, 0.05) is 18.8 Å². The first-order valence-electron chi connectivity index (χ1n) is 6.94. The molecule has 0 unspecified atom stereocenters. The van der Waals surface area contributed by atoms with Gasteiger partial charge in [0.1, 0.15) is 0 Å². The molecule has 0 radical (unpaired) electrons. The molecule has 5 nitrogen and oxygen atoms in total. The number of nitrogens with zero attached hydrogens (tertiary/aromatic N) is 3. The molecule has 5 heteroatoms. The van der Waals surface area contributed by atoms with Crippen LogP contribution in [-0.2, 0) is 13.1 Å². The summed E-state index contributed by atoms with van der Waals surface area (Å²) in [6, 6.07) is 8.24. The summed E-state index contributed by atoms with van der Waals surface area (Å²) in [6.07, 6.45) is 4.73. The van der Waals surface area contributed by atoms with Crippen molar-refractivity contribution >= 4 is 11.0 Å². The predicted molar refractivity (Wildman–Crippen MR) is 79.4 cm³/mol. The maximum atomic E-state index is 4.40. The van der Waals surface area contributed by atoms with Crippen LogP contribution in [-0.4, -0.2) is 26.1 Å². The molecule has 0 aliphatic carbocycles. The van der Waals surface area contributed by atoms with Crippen LogP contribution in [0.25, 0.3) is 11.0 Å². The Balaban J connectivity index is 1.47. The molecule has 104 valence electrons. The Morgan fingerprint density at radius 2 is 2.15 bits per heavy atom. The highest BCUT2D eigenvalue weighted by Gasteiger charge is 2.02. The van der Waals surface area contributed by atoms with Crippen LogP contribution in [0.2, 0.25) is 0 Å². The first-order valence-corrected chi connectivity index (χ1v) is 6.94. The van der Waals surface area contributed by atoms with E-state index in [1.54, 1.807) is 6.33 Å². The van der Waals surface area contributed by atoms with Crippen LogP contribution in [0.4, 0.5) is 0 Å². The molecule has 0 saturated carbocycles. The monoisotopic (exact) mass is 269 g/mol. The SMILES string of the molecule is Cc1[nH]cnc1CNCCCn1cnc2ccccc21. The molecule has 2 N–H and O–H groups in total. The normalized spacial score (nSPS) is 11.2. The van der Waals surface area contributed by atoms with Gasteiger partial charge in [0.2, 0.25) is 0 Å². The minimum atomic E-state index is 0.819. The smallest absolute Gasteiger partial charge is 0.0958 e. The Morgan fingerprint density at radius 1 is 1.25 bits per heavy atom. The van der Waals surface area contributed by atoms with Gasteiger partial charge in [0.05, 0.1) is 29.4 Å². The number of aryl methyl sites for hydroxylation is 2. The molecule has 0 spiro atoms. The molecule has 0 saturated heterocycles. The summed E-state index contributed by atoms with van der Waals surface area (Å²) in [5, 5.41) is 3.42. The highest BCUT2D eigenvalue weighted by Crippen LogP contribution is 2.11. The summed E-state index contributed by atoms with van der Waals surface area (Å²) >= 11 is 0. The summed E-state index contributed by atoms with van der Waals surface area (Å²) in [5.41, 5.74) is 4.50. The number of para-hydroxylation sites is 2. The van der Waals surface area contributed by atoms with E-state index in [1.165, 1.54) is 5.52 Å². The lowest BCUT2D eigenvalue weighted by molar-refractivity contribution is 0.584. The average Bonchev–Trinajstić information content (AvgIpc) is 3.06. The van der Waals surface area contributed by atoms with Crippen LogP contribution < -0.4 is 5.32 Å². The largest absolute Gasteiger partial charge is 0.348 e. The van der Waals surface area contributed by atoms with E-state index in [-0.39, 0.29) is 0 Å². The highest BCUT2D eigenvalue weighted by molar-refractivity contribution is 5.74. The third-order valence-corrected chi connectivity index (χ3v) is 3.51. The second-order valence-electron chi connectivity index (χ2n) is 4.93. The second kappa shape index (κ2) is 5.88. The fourth-order valence-corrected chi connectivity index (χ4v) is 2.34. The lowest BCUT2D eigenvalue weighted by Crippen LogP contribution is -2.17. The Hall–Kier alpha value is -2.14. The topological polar surface area (TPSA) is 58.5 Å². The van der Waals surface area contributed by atoms with Crippen molar-refractivity contribution in [1.82, 2.24) is 24.8 Å². The van der Waals surface area contributed by atoms with Crippen LogP contribution in [0.1, 0.15) is 17.8 Å². The lowest BCUT2D eigenvalue weighted by atomic mass is 10.3. The Labute approximate surface area is 118 Å². The third-order valence-electron chi connectivity index (χ3n) is 3.51. The minimum absolute atomic E-state index is 0.819. The predicted octanol–water partition coefficient (Wildman–Crippen LogP) is 2.25. The van der Waals surface area contributed by atoms with E-state index in [2.05, 4.69) is 37.0 Å². The molecular formula is C15H19N5. The molecule has 3 rings (SSSR count). The van der Waals surface area contributed by atoms with E-state index in [0.29, 0.717) is 0 Å². The number of H-pyrrole nitrogens is 1. The van der Waals surface area contributed by atoms with Crippen molar-refractivity contribution in [3.05, 3.63) is 48.3 Å². The van der Waals surface area contributed by atoms with E-state index in [0.717, 1.165) is 43.0 Å². The zero-order chi connectivity index (χ0) is 13.8. The van der Waals surface area contributed by atoms with Crippen molar-refractivity contribution in [3.8, 4) is 0 Å². The van der Waals surface area contributed by atoms with E-state index in [9.17, 15) is 0 Å². The summed E-state index contributed by atoms with van der Waals surface area (Å²) < 4.78 is 2.21. The van der Waals surface area contributed by atoms with Crippen LogP contribution in [0.3, 0.4) is 0 Å². The summed E-state index contributed by atoms with van der Waals surface area (Å²) in [5.74, 6) is 0. The first kappa shape index (κ1) is 12.9. The fourth-order valence-electron chi connectivity index (χ4n) is 2.34. The number of aromatic nitrogens is 4. The molecule has 20 heavy (non-hydrogen) atoms.